The van der Waals surface area contributed by atoms with E-state index in [1.165, 1.54) is 6.07 Å². The number of nitrogens with zero attached hydrogens (tertiary/aromatic N) is 1. The van der Waals surface area contributed by atoms with Crippen molar-refractivity contribution in [3.63, 3.8) is 0 Å². The van der Waals surface area contributed by atoms with Crippen molar-refractivity contribution in [3.8, 4) is 0 Å². The monoisotopic (exact) mass is 277 g/mol. The van der Waals surface area contributed by atoms with Gasteiger partial charge in [-0.05, 0) is 43.0 Å². The van der Waals surface area contributed by atoms with Crippen molar-refractivity contribution in [1.82, 2.24) is 4.90 Å². The normalized spacial score (nSPS) is 10.3. The Morgan fingerprint density at radius 3 is 2.00 bits per heavy atom. The van der Waals surface area contributed by atoms with Gasteiger partial charge in [0.2, 0.25) is 0 Å². The van der Waals surface area contributed by atoms with E-state index in [0.29, 0.717) is 25.1 Å². The van der Waals surface area contributed by atoms with Gasteiger partial charge >= 0.3 is 5.97 Å². The summed E-state index contributed by atoms with van der Waals surface area (Å²) >= 11 is 0. The van der Waals surface area contributed by atoms with E-state index in [1.54, 1.807) is 17.0 Å². The number of aryl methyl sites for hydroxylation is 1. The Morgan fingerprint density at radius 1 is 1.00 bits per heavy atom. The number of hydrogen-bond donors (Lipinski definition) is 1. The first-order valence-corrected chi connectivity index (χ1v) is 7.19. The van der Waals surface area contributed by atoms with Gasteiger partial charge in [0.25, 0.3) is 5.91 Å². The molecule has 0 spiro atoms. The van der Waals surface area contributed by atoms with Crippen LogP contribution in [0, 0.1) is 0 Å². The zero-order valence-corrected chi connectivity index (χ0v) is 12.5. The fourth-order valence-electron chi connectivity index (χ4n) is 2.18. The molecule has 4 nitrogen and oxygen atoms in total. The third-order valence-electron chi connectivity index (χ3n) is 3.17. The van der Waals surface area contributed by atoms with Crippen molar-refractivity contribution in [2.24, 2.45) is 0 Å². The van der Waals surface area contributed by atoms with Crippen LogP contribution in [0.3, 0.4) is 0 Å². The van der Waals surface area contributed by atoms with E-state index >= 15 is 0 Å². The molecular formula is C16H23NO3. The molecule has 1 amide bonds. The number of amides is 1. The number of benzene rings is 1. The number of carboxylic acids is 1. The fraction of sp³-hybridized carbons (Fsp3) is 0.500. The molecule has 0 aliphatic heterocycles. The highest BCUT2D eigenvalue weighted by Crippen LogP contribution is 2.14. The molecule has 0 radical (unpaired) electrons. The van der Waals surface area contributed by atoms with Crippen molar-refractivity contribution in [2.45, 2.75) is 40.0 Å². The highest BCUT2D eigenvalue weighted by atomic mass is 16.4. The van der Waals surface area contributed by atoms with Crippen molar-refractivity contribution in [2.75, 3.05) is 13.1 Å². The minimum atomic E-state index is -0.994. The van der Waals surface area contributed by atoms with Gasteiger partial charge in [0.1, 0.15) is 0 Å². The molecule has 0 fully saturated rings. The minimum Gasteiger partial charge on any atom is -0.478 e. The number of carbonyl (C=O) groups is 2. The SMILES string of the molecule is CCCN(CCC)C(=O)c1cc(CC)cc(C(=O)O)c1. The Morgan fingerprint density at radius 2 is 1.55 bits per heavy atom. The molecular weight excluding hydrogens is 254 g/mol. The van der Waals surface area contributed by atoms with E-state index in [2.05, 4.69) is 0 Å². The van der Waals surface area contributed by atoms with Crippen LogP contribution < -0.4 is 0 Å². The molecule has 0 aromatic heterocycles. The summed E-state index contributed by atoms with van der Waals surface area (Å²) in [4.78, 5) is 25.4. The molecule has 4 heteroatoms. The maximum Gasteiger partial charge on any atom is 0.335 e. The summed E-state index contributed by atoms with van der Waals surface area (Å²) in [5.74, 6) is -1.07. The van der Waals surface area contributed by atoms with Gasteiger partial charge in [-0.25, -0.2) is 4.79 Å². The zero-order chi connectivity index (χ0) is 15.1. The van der Waals surface area contributed by atoms with Crippen LogP contribution in [0.5, 0.6) is 0 Å². The van der Waals surface area contributed by atoms with E-state index in [-0.39, 0.29) is 11.5 Å². The van der Waals surface area contributed by atoms with Gasteiger partial charge in [-0.1, -0.05) is 20.8 Å². The Hall–Kier alpha value is -1.84. The molecule has 0 aliphatic rings. The molecule has 20 heavy (non-hydrogen) atoms. The van der Waals surface area contributed by atoms with Crippen LogP contribution in [0.15, 0.2) is 18.2 Å². The average Bonchev–Trinajstić information content (AvgIpc) is 2.45. The van der Waals surface area contributed by atoms with Crippen LogP contribution >= 0.6 is 0 Å². The maximum absolute atomic E-state index is 12.5. The molecule has 1 aromatic rings. The highest BCUT2D eigenvalue weighted by Gasteiger charge is 2.17. The second kappa shape index (κ2) is 7.68. The van der Waals surface area contributed by atoms with Crippen LogP contribution in [-0.2, 0) is 6.42 Å². The van der Waals surface area contributed by atoms with Crippen LogP contribution in [0.4, 0.5) is 0 Å². The third kappa shape index (κ3) is 4.08. The highest BCUT2D eigenvalue weighted by molar-refractivity contribution is 5.97. The van der Waals surface area contributed by atoms with Crippen LogP contribution in [0.1, 0.15) is 59.9 Å². The summed E-state index contributed by atoms with van der Waals surface area (Å²) < 4.78 is 0. The van der Waals surface area contributed by atoms with Crippen molar-refractivity contribution >= 4 is 11.9 Å². The predicted molar refractivity (Wildman–Crippen MR) is 79.3 cm³/mol. The maximum atomic E-state index is 12.5. The van der Waals surface area contributed by atoms with Crippen molar-refractivity contribution in [3.05, 3.63) is 34.9 Å². The Kier molecular flexibility index (Phi) is 6.22. The average molecular weight is 277 g/mol. The summed E-state index contributed by atoms with van der Waals surface area (Å²) in [5.41, 5.74) is 1.53. The van der Waals surface area contributed by atoms with Gasteiger partial charge in [0.15, 0.2) is 0 Å². The van der Waals surface area contributed by atoms with E-state index in [1.807, 2.05) is 20.8 Å². The molecule has 0 heterocycles. The second-order valence-corrected chi connectivity index (χ2v) is 4.87. The molecule has 110 valence electrons. The number of hydrogen-bond acceptors (Lipinski definition) is 2. The minimum absolute atomic E-state index is 0.0773. The van der Waals surface area contributed by atoms with Gasteiger partial charge < -0.3 is 10.0 Å². The molecule has 1 rings (SSSR count). The van der Waals surface area contributed by atoms with Crippen LogP contribution in [-0.4, -0.2) is 35.0 Å². The molecule has 0 atom stereocenters. The summed E-state index contributed by atoms with van der Waals surface area (Å²) in [6.45, 7) is 7.41. The third-order valence-corrected chi connectivity index (χ3v) is 3.17. The molecule has 1 aromatic carbocycles. The van der Waals surface area contributed by atoms with Crippen molar-refractivity contribution < 1.29 is 14.7 Å². The summed E-state index contributed by atoms with van der Waals surface area (Å²) in [7, 11) is 0. The Labute approximate surface area is 120 Å². The lowest BCUT2D eigenvalue weighted by Gasteiger charge is -2.22. The molecule has 1 N–H and O–H groups in total. The first kappa shape index (κ1) is 16.2. The van der Waals surface area contributed by atoms with Gasteiger partial charge in [0.05, 0.1) is 5.56 Å². The Bertz CT molecular complexity index is 477. The standard InChI is InChI=1S/C16H23NO3/c1-4-7-17(8-5-2)15(18)13-9-12(6-3)10-14(11-13)16(19)20/h9-11H,4-8H2,1-3H3,(H,19,20). The van der Waals surface area contributed by atoms with E-state index in [4.69, 9.17) is 5.11 Å². The summed E-state index contributed by atoms with van der Waals surface area (Å²) in [6.07, 6.45) is 2.50. The molecule has 0 saturated heterocycles. The summed E-state index contributed by atoms with van der Waals surface area (Å²) in [5, 5.41) is 9.13. The first-order valence-electron chi connectivity index (χ1n) is 7.19. The van der Waals surface area contributed by atoms with Gasteiger partial charge in [-0.3, -0.25) is 4.79 Å². The Balaban J connectivity index is 3.12. The number of carboxylic acid groups (broad SMARTS) is 1. The van der Waals surface area contributed by atoms with E-state index in [0.717, 1.165) is 18.4 Å². The number of aromatic carboxylic acids is 1. The number of carbonyl (C=O) groups excluding carboxylic acids is 1. The van der Waals surface area contributed by atoms with Gasteiger partial charge in [-0.2, -0.15) is 0 Å². The molecule has 0 bridgehead atoms. The van der Waals surface area contributed by atoms with E-state index < -0.39 is 5.97 Å². The predicted octanol–water partition coefficient (Wildman–Crippen LogP) is 3.21. The quantitative estimate of drug-likeness (QED) is 0.832. The lowest BCUT2D eigenvalue weighted by molar-refractivity contribution is 0.0696. The zero-order valence-electron chi connectivity index (χ0n) is 12.5. The van der Waals surface area contributed by atoms with Crippen molar-refractivity contribution in [1.29, 1.82) is 0 Å². The molecule has 0 aliphatic carbocycles. The fourth-order valence-corrected chi connectivity index (χ4v) is 2.18. The van der Waals surface area contributed by atoms with Crippen LogP contribution in [0.25, 0.3) is 0 Å². The first-order chi connectivity index (χ1) is 9.53. The van der Waals surface area contributed by atoms with Crippen LogP contribution in [0.2, 0.25) is 0 Å². The smallest absolute Gasteiger partial charge is 0.335 e. The number of rotatable bonds is 7. The summed E-state index contributed by atoms with van der Waals surface area (Å²) in [6, 6.07) is 4.90. The van der Waals surface area contributed by atoms with Gasteiger partial charge in [0, 0.05) is 18.7 Å². The lowest BCUT2D eigenvalue weighted by atomic mass is 10.0. The lowest BCUT2D eigenvalue weighted by Crippen LogP contribution is -2.32. The molecule has 0 unspecified atom stereocenters. The molecule has 0 saturated carbocycles. The topological polar surface area (TPSA) is 57.6 Å². The second-order valence-electron chi connectivity index (χ2n) is 4.87. The van der Waals surface area contributed by atoms with Gasteiger partial charge in [-0.15, -0.1) is 0 Å². The van der Waals surface area contributed by atoms with E-state index in [9.17, 15) is 9.59 Å². The largest absolute Gasteiger partial charge is 0.478 e.